The Morgan fingerprint density at radius 2 is 2.32 bits per heavy atom. The van der Waals surface area contributed by atoms with E-state index in [0.29, 0.717) is 16.8 Å². The van der Waals surface area contributed by atoms with Crippen molar-refractivity contribution in [2.75, 3.05) is 0 Å². The number of pyridine rings is 1. The van der Waals surface area contributed by atoms with E-state index in [1.54, 1.807) is 6.07 Å². The lowest BCUT2D eigenvalue weighted by molar-refractivity contribution is 0.0698. The van der Waals surface area contributed by atoms with Gasteiger partial charge in [0, 0.05) is 17.0 Å². The van der Waals surface area contributed by atoms with Crippen molar-refractivity contribution in [3.05, 3.63) is 40.8 Å². The number of hydrogen-bond donors (Lipinski definition) is 1. The van der Waals surface area contributed by atoms with Crippen molar-refractivity contribution >= 4 is 16.9 Å². The number of nitrogens with zero attached hydrogens (tertiary/aromatic N) is 1. The van der Waals surface area contributed by atoms with Gasteiger partial charge in [-0.05, 0) is 43.0 Å². The average molecular weight is 259 g/mol. The van der Waals surface area contributed by atoms with Crippen LogP contribution in [0.4, 0.5) is 4.39 Å². The number of benzene rings is 1. The topological polar surface area (TPSA) is 50.2 Å². The van der Waals surface area contributed by atoms with Gasteiger partial charge in [0.05, 0.1) is 11.1 Å². The van der Waals surface area contributed by atoms with Crippen molar-refractivity contribution in [3.63, 3.8) is 0 Å². The molecule has 1 heterocycles. The van der Waals surface area contributed by atoms with Crippen LogP contribution in [0.5, 0.6) is 0 Å². The number of carbonyl (C=O) groups is 1. The third kappa shape index (κ3) is 1.79. The molecule has 1 aromatic carbocycles. The predicted octanol–water partition coefficient (Wildman–Crippen LogP) is 3.51. The summed E-state index contributed by atoms with van der Waals surface area (Å²) >= 11 is 0. The van der Waals surface area contributed by atoms with Crippen molar-refractivity contribution in [3.8, 4) is 0 Å². The zero-order valence-corrected chi connectivity index (χ0v) is 10.6. The Morgan fingerprint density at radius 3 is 3.00 bits per heavy atom. The first kappa shape index (κ1) is 12.1. The molecule has 3 rings (SSSR count). The molecule has 1 N–H and O–H groups in total. The minimum atomic E-state index is -0.994. The maximum Gasteiger partial charge on any atom is 0.336 e. The summed E-state index contributed by atoms with van der Waals surface area (Å²) < 4.78 is 13.4. The summed E-state index contributed by atoms with van der Waals surface area (Å²) in [7, 11) is 0. The maximum atomic E-state index is 13.4. The molecule has 0 saturated heterocycles. The number of fused-ring (bicyclic) bond motifs is 2. The zero-order valence-electron chi connectivity index (χ0n) is 10.6. The van der Waals surface area contributed by atoms with Crippen LogP contribution in [0.15, 0.2) is 18.2 Å². The van der Waals surface area contributed by atoms with E-state index < -0.39 is 11.8 Å². The number of rotatable bonds is 2. The van der Waals surface area contributed by atoms with E-state index in [2.05, 4.69) is 11.9 Å². The Balaban J connectivity index is 2.38. The van der Waals surface area contributed by atoms with Crippen LogP contribution in [0, 0.1) is 5.82 Å². The molecule has 0 spiro atoms. The van der Waals surface area contributed by atoms with Crippen LogP contribution < -0.4 is 0 Å². The van der Waals surface area contributed by atoms with E-state index >= 15 is 0 Å². The minimum absolute atomic E-state index is 0.232. The van der Waals surface area contributed by atoms with Gasteiger partial charge in [0.1, 0.15) is 5.82 Å². The van der Waals surface area contributed by atoms with Gasteiger partial charge in [-0.2, -0.15) is 0 Å². The second-order valence-electron chi connectivity index (χ2n) is 4.96. The summed E-state index contributed by atoms with van der Waals surface area (Å²) in [6, 6.07) is 4.15. The fraction of sp³-hybridized carbons (Fsp3) is 0.333. The molecule has 0 fully saturated rings. The Hall–Kier alpha value is -1.97. The van der Waals surface area contributed by atoms with Crippen LogP contribution in [-0.4, -0.2) is 16.1 Å². The first-order valence-electron chi connectivity index (χ1n) is 6.47. The Morgan fingerprint density at radius 1 is 1.53 bits per heavy atom. The second-order valence-corrected chi connectivity index (χ2v) is 4.96. The van der Waals surface area contributed by atoms with Gasteiger partial charge in [-0.3, -0.25) is 4.98 Å². The number of halogens is 1. The molecule has 1 atom stereocenters. The lowest BCUT2D eigenvalue weighted by Gasteiger charge is -2.11. The fourth-order valence-corrected chi connectivity index (χ4v) is 2.98. The molecule has 3 nitrogen and oxygen atoms in total. The van der Waals surface area contributed by atoms with Gasteiger partial charge < -0.3 is 5.11 Å². The van der Waals surface area contributed by atoms with Gasteiger partial charge in [0.25, 0.3) is 0 Å². The number of hydrogen-bond acceptors (Lipinski definition) is 2. The molecule has 0 aliphatic heterocycles. The number of aromatic carboxylic acids is 1. The second kappa shape index (κ2) is 4.30. The molecular weight excluding hydrogens is 245 g/mol. The molecule has 1 unspecified atom stereocenters. The van der Waals surface area contributed by atoms with Crippen molar-refractivity contribution in [2.24, 2.45) is 0 Å². The molecule has 0 amide bonds. The highest BCUT2D eigenvalue weighted by Gasteiger charge is 2.29. The van der Waals surface area contributed by atoms with Gasteiger partial charge in [-0.15, -0.1) is 0 Å². The lowest BCUT2D eigenvalue weighted by atomic mass is 9.99. The summed E-state index contributed by atoms with van der Waals surface area (Å²) in [5.41, 5.74) is 2.48. The lowest BCUT2D eigenvalue weighted by Crippen LogP contribution is -2.06. The van der Waals surface area contributed by atoms with Crippen LogP contribution in [0.2, 0.25) is 0 Å². The average Bonchev–Trinajstić information content (AvgIpc) is 2.77. The number of carboxylic acids is 1. The van der Waals surface area contributed by atoms with Crippen LogP contribution in [0.25, 0.3) is 10.9 Å². The number of carboxylic acid groups (broad SMARTS) is 1. The third-order valence-electron chi connectivity index (χ3n) is 3.92. The standard InChI is InChI=1S/C15H14FNO2/c1-2-8-3-5-10-13(15(18)19)11-7-9(16)4-6-12(11)17-14(8)10/h4,6-8H,2-3,5H2,1H3,(H,18,19). The number of aromatic nitrogens is 1. The fourth-order valence-electron chi connectivity index (χ4n) is 2.98. The molecule has 0 bridgehead atoms. The smallest absolute Gasteiger partial charge is 0.336 e. The van der Waals surface area contributed by atoms with E-state index in [9.17, 15) is 14.3 Å². The normalized spacial score (nSPS) is 17.7. The molecular formula is C15H14FNO2. The molecule has 1 aliphatic rings. The SMILES string of the molecule is CCC1CCc2c1nc1ccc(F)cc1c2C(=O)O. The highest BCUT2D eigenvalue weighted by molar-refractivity contribution is 6.04. The highest BCUT2D eigenvalue weighted by Crippen LogP contribution is 2.38. The monoisotopic (exact) mass is 259 g/mol. The van der Waals surface area contributed by atoms with Crippen molar-refractivity contribution in [2.45, 2.75) is 32.1 Å². The van der Waals surface area contributed by atoms with Gasteiger partial charge in [0.2, 0.25) is 0 Å². The molecule has 98 valence electrons. The zero-order chi connectivity index (χ0) is 13.6. The van der Waals surface area contributed by atoms with Crippen LogP contribution in [0.1, 0.15) is 47.3 Å². The van der Waals surface area contributed by atoms with Gasteiger partial charge in [-0.25, -0.2) is 9.18 Å². The van der Waals surface area contributed by atoms with Crippen LogP contribution in [-0.2, 0) is 6.42 Å². The minimum Gasteiger partial charge on any atom is -0.478 e. The molecule has 1 aromatic heterocycles. The largest absolute Gasteiger partial charge is 0.478 e. The van der Waals surface area contributed by atoms with E-state index in [1.807, 2.05) is 0 Å². The summed E-state index contributed by atoms with van der Waals surface area (Å²) in [6.45, 7) is 2.08. The van der Waals surface area contributed by atoms with E-state index in [4.69, 9.17) is 0 Å². The molecule has 2 aromatic rings. The third-order valence-corrected chi connectivity index (χ3v) is 3.92. The van der Waals surface area contributed by atoms with Gasteiger partial charge >= 0.3 is 5.97 Å². The quantitative estimate of drug-likeness (QED) is 0.897. The van der Waals surface area contributed by atoms with E-state index in [1.165, 1.54) is 12.1 Å². The van der Waals surface area contributed by atoms with Crippen LogP contribution >= 0.6 is 0 Å². The van der Waals surface area contributed by atoms with Crippen LogP contribution in [0.3, 0.4) is 0 Å². The van der Waals surface area contributed by atoms with Crippen molar-refractivity contribution < 1.29 is 14.3 Å². The van der Waals surface area contributed by atoms with Gasteiger partial charge in [-0.1, -0.05) is 6.92 Å². The Labute approximate surface area is 110 Å². The summed E-state index contributed by atoms with van der Waals surface area (Å²) in [5.74, 6) is -1.10. The Kier molecular flexibility index (Phi) is 2.73. The van der Waals surface area contributed by atoms with E-state index in [0.717, 1.165) is 30.5 Å². The first-order chi connectivity index (χ1) is 9.11. The predicted molar refractivity (Wildman–Crippen MR) is 70.0 cm³/mol. The molecule has 0 saturated carbocycles. The highest BCUT2D eigenvalue weighted by atomic mass is 19.1. The molecule has 19 heavy (non-hydrogen) atoms. The van der Waals surface area contributed by atoms with Crippen molar-refractivity contribution in [1.82, 2.24) is 4.98 Å². The first-order valence-corrected chi connectivity index (χ1v) is 6.47. The summed E-state index contributed by atoms with van der Waals surface area (Å²) in [5, 5.41) is 9.85. The summed E-state index contributed by atoms with van der Waals surface area (Å²) in [4.78, 5) is 16.1. The molecule has 4 heteroatoms. The Bertz CT molecular complexity index is 681. The molecule has 0 radical (unpaired) electrons. The maximum absolute atomic E-state index is 13.4. The van der Waals surface area contributed by atoms with Crippen molar-refractivity contribution in [1.29, 1.82) is 0 Å². The van der Waals surface area contributed by atoms with E-state index in [-0.39, 0.29) is 5.56 Å². The molecule has 1 aliphatic carbocycles. The van der Waals surface area contributed by atoms with Gasteiger partial charge in [0.15, 0.2) is 0 Å². The summed E-state index contributed by atoms with van der Waals surface area (Å²) in [6.07, 6.45) is 2.60.